The first-order valence-corrected chi connectivity index (χ1v) is 13.1. The first-order chi connectivity index (χ1) is 18.8. The molecule has 0 saturated carbocycles. The number of esters is 2. The summed E-state index contributed by atoms with van der Waals surface area (Å²) in [6, 6.07) is 15.4. The third-order valence-electron chi connectivity index (χ3n) is 6.68. The van der Waals surface area contributed by atoms with Crippen molar-refractivity contribution in [2.45, 2.75) is 39.7 Å². The van der Waals surface area contributed by atoms with Gasteiger partial charge < -0.3 is 19.3 Å². The van der Waals surface area contributed by atoms with Gasteiger partial charge >= 0.3 is 11.9 Å². The van der Waals surface area contributed by atoms with E-state index in [-0.39, 0.29) is 37.4 Å². The number of methoxy groups -OCH3 is 1. The van der Waals surface area contributed by atoms with Crippen LogP contribution in [-0.2, 0) is 25.5 Å². The number of aromatic nitrogens is 3. The SMILES string of the molecule is COC(=O)c1ccc2ccc(C(CC(=O)OCC(C)C)c3ccc4c(nnn4CCOCCO)c3C)cc2c1. The van der Waals surface area contributed by atoms with Crippen LogP contribution in [-0.4, -0.2) is 65.6 Å². The second kappa shape index (κ2) is 12.8. The molecular weight excluding hydrogens is 498 g/mol. The number of carbonyl (C=O) groups excluding carboxylic acids is 2. The molecule has 0 bridgehead atoms. The van der Waals surface area contributed by atoms with E-state index >= 15 is 0 Å². The third kappa shape index (κ3) is 6.61. The largest absolute Gasteiger partial charge is 0.465 e. The standard InChI is InChI=1S/C30H35N3O6/c1-19(2)18-39-28(35)17-26(22-7-5-21-6-8-23(30(36)37-4)16-24(21)15-22)25-9-10-27-29(20(25)3)31-32-33(27)11-13-38-14-12-34/h5-10,15-16,19,26,34H,11-14,17-18H2,1-4H3. The van der Waals surface area contributed by atoms with E-state index in [1.54, 1.807) is 16.8 Å². The van der Waals surface area contributed by atoms with Crippen molar-refractivity contribution >= 4 is 33.7 Å². The highest BCUT2D eigenvalue weighted by molar-refractivity contribution is 5.95. The third-order valence-corrected chi connectivity index (χ3v) is 6.68. The van der Waals surface area contributed by atoms with Crippen molar-refractivity contribution in [2.24, 2.45) is 5.92 Å². The Morgan fingerprint density at radius 1 is 1.03 bits per heavy atom. The highest BCUT2D eigenvalue weighted by Crippen LogP contribution is 2.35. The number of aryl methyl sites for hydroxylation is 1. The Bertz CT molecular complexity index is 1460. The normalized spacial score (nSPS) is 12.3. The Morgan fingerprint density at radius 2 is 1.82 bits per heavy atom. The van der Waals surface area contributed by atoms with E-state index in [1.165, 1.54) is 7.11 Å². The number of aliphatic hydroxyl groups excluding tert-OH is 1. The van der Waals surface area contributed by atoms with E-state index in [2.05, 4.69) is 10.3 Å². The molecule has 0 saturated heterocycles. The van der Waals surface area contributed by atoms with Crippen LogP contribution in [0.15, 0.2) is 48.5 Å². The highest BCUT2D eigenvalue weighted by Gasteiger charge is 2.24. The maximum atomic E-state index is 13.0. The minimum absolute atomic E-state index is 0.0274. The van der Waals surface area contributed by atoms with Crippen LogP contribution in [0.4, 0.5) is 0 Å². The van der Waals surface area contributed by atoms with Crippen molar-refractivity contribution in [3.05, 3.63) is 70.8 Å². The van der Waals surface area contributed by atoms with Crippen molar-refractivity contribution in [3.63, 3.8) is 0 Å². The fraction of sp³-hybridized carbons (Fsp3) is 0.400. The number of aliphatic hydroxyl groups is 1. The molecule has 0 aliphatic heterocycles. The van der Waals surface area contributed by atoms with Gasteiger partial charge in [-0.2, -0.15) is 0 Å². The van der Waals surface area contributed by atoms with Crippen LogP contribution in [0.2, 0.25) is 0 Å². The van der Waals surface area contributed by atoms with Gasteiger partial charge in [-0.25, -0.2) is 9.48 Å². The predicted molar refractivity (Wildman–Crippen MR) is 148 cm³/mol. The molecule has 9 nitrogen and oxygen atoms in total. The molecule has 0 spiro atoms. The number of carbonyl (C=O) groups is 2. The van der Waals surface area contributed by atoms with E-state index in [4.69, 9.17) is 19.3 Å². The van der Waals surface area contributed by atoms with Gasteiger partial charge in [-0.05, 0) is 58.5 Å². The van der Waals surface area contributed by atoms with Gasteiger partial charge in [0.1, 0.15) is 5.52 Å². The molecule has 206 valence electrons. The molecule has 4 rings (SSSR count). The average molecular weight is 534 g/mol. The summed E-state index contributed by atoms with van der Waals surface area (Å²) in [7, 11) is 1.36. The number of nitrogens with zero attached hydrogens (tertiary/aromatic N) is 3. The van der Waals surface area contributed by atoms with Gasteiger partial charge in [-0.3, -0.25) is 4.79 Å². The molecule has 1 unspecified atom stereocenters. The maximum absolute atomic E-state index is 13.0. The molecule has 9 heteroatoms. The van der Waals surface area contributed by atoms with Gasteiger partial charge in [0.2, 0.25) is 0 Å². The molecule has 39 heavy (non-hydrogen) atoms. The van der Waals surface area contributed by atoms with Crippen LogP contribution < -0.4 is 0 Å². The molecular formula is C30H35N3O6. The molecule has 0 aliphatic carbocycles. The number of hydrogen-bond donors (Lipinski definition) is 1. The van der Waals surface area contributed by atoms with Gasteiger partial charge in [-0.1, -0.05) is 49.4 Å². The first kappa shape index (κ1) is 28.2. The summed E-state index contributed by atoms with van der Waals surface area (Å²) in [5, 5.41) is 19.5. The van der Waals surface area contributed by atoms with Crippen molar-refractivity contribution in [1.82, 2.24) is 15.0 Å². The Morgan fingerprint density at radius 3 is 2.56 bits per heavy atom. The number of benzene rings is 3. The minimum Gasteiger partial charge on any atom is -0.465 e. The predicted octanol–water partition coefficient (Wildman–Crippen LogP) is 4.41. The summed E-state index contributed by atoms with van der Waals surface area (Å²) in [5.74, 6) is -0.735. The van der Waals surface area contributed by atoms with E-state index in [0.29, 0.717) is 25.3 Å². The molecule has 1 N–H and O–H groups in total. The molecule has 1 heterocycles. The molecule has 0 fully saturated rings. The lowest BCUT2D eigenvalue weighted by atomic mass is 9.84. The molecule has 1 aromatic heterocycles. The Labute approximate surface area is 227 Å². The van der Waals surface area contributed by atoms with Crippen molar-refractivity contribution < 1.29 is 28.9 Å². The topological polar surface area (TPSA) is 113 Å². The summed E-state index contributed by atoms with van der Waals surface area (Å²) >= 11 is 0. The molecule has 4 aromatic rings. The Kier molecular flexibility index (Phi) is 9.27. The van der Waals surface area contributed by atoms with Gasteiger partial charge in [-0.15, -0.1) is 5.10 Å². The highest BCUT2D eigenvalue weighted by atomic mass is 16.5. The fourth-order valence-corrected chi connectivity index (χ4v) is 4.66. The van der Waals surface area contributed by atoms with Crippen LogP contribution in [0.1, 0.15) is 53.2 Å². The smallest absolute Gasteiger partial charge is 0.337 e. The number of fused-ring (bicyclic) bond motifs is 2. The molecule has 1 atom stereocenters. The van der Waals surface area contributed by atoms with Crippen LogP contribution in [0, 0.1) is 12.8 Å². The zero-order valence-corrected chi connectivity index (χ0v) is 22.8. The van der Waals surface area contributed by atoms with Crippen LogP contribution in [0.5, 0.6) is 0 Å². The number of ether oxygens (including phenoxy) is 3. The summed E-state index contributed by atoms with van der Waals surface area (Å²) in [6.45, 7) is 7.52. The minimum atomic E-state index is -0.401. The average Bonchev–Trinajstić information content (AvgIpc) is 3.36. The Balaban J connectivity index is 1.73. The monoisotopic (exact) mass is 533 g/mol. The first-order valence-electron chi connectivity index (χ1n) is 13.1. The van der Waals surface area contributed by atoms with Crippen LogP contribution >= 0.6 is 0 Å². The van der Waals surface area contributed by atoms with Crippen LogP contribution in [0.3, 0.4) is 0 Å². The van der Waals surface area contributed by atoms with Gasteiger partial charge in [0.25, 0.3) is 0 Å². The summed E-state index contributed by atoms with van der Waals surface area (Å²) < 4.78 is 17.6. The van der Waals surface area contributed by atoms with E-state index in [9.17, 15) is 9.59 Å². The van der Waals surface area contributed by atoms with Crippen molar-refractivity contribution in [2.75, 3.05) is 33.5 Å². The summed E-state index contributed by atoms with van der Waals surface area (Å²) in [4.78, 5) is 25.1. The number of hydrogen-bond acceptors (Lipinski definition) is 8. The lowest BCUT2D eigenvalue weighted by Crippen LogP contribution is -2.15. The van der Waals surface area contributed by atoms with Crippen molar-refractivity contribution in [1.29, 1.82) is 0 Å². The molecule has 0 radical (unpaired) electrons. The molecule has 0 amide bonds. The lowest BCUT2D eigenvalue weighted by Gasteiger charge is -2.21. The fourth-order valence-electron chi connectivity index (χ4n) is 4.66. The number of rotatable bonds is 12. The summed E-state index contributed by atoms with van der Waals surface area (Å²) in [5.41, 5.74) is 4.90. The molecule has 0 aliphatic rings. The van der Waals surface area contributed by atoms with Gasteiger partial charge in [0, 0.05) is 5.92 Å². The van der Waals surface area contributed by atoms with E-state index < -0.39 is 5.97 Å². The summed E-state index contributed by atoms with van der Waals surface area (Å²) in [6.07, 6.45) is 0.157. The van der Waals surface area contributed by atoms with E-state index in [1.807, 2.05) is 57.2 Å². The quantitative estimate of drug-likeness (QED) is 0.211. The Hall–Kier alpha value is -3.82. The van der Waals surface area contributed by atoms with E-state index in [0.717, 1.165) is 38.5 Å². The van der Waals surface area contributed by atoms with Gasteiger partial charge in [0.05, 0.1) is 57.6 Å². The van der Waals surface area contributed by atoms with Crippen molar-refractivity contribution in [3.8, 4) is 0 Å². The van der Waals surface area contributed by atoms with Gasteiger partial charge in [0.15, 0.2) is 0 Å². The zero-order chi connectivity index (χ0) is 27.9. The lowest BCUT2D eigenvalue weighted by molar-refractivity contribution is -0.145. The zero-order valence-electron chi connectivity index (χ0n) is 22.8. The second-order valence-corrected chi connectivity index (χ2v) is 9.94. The van der Waals surface area contributed by atoms with Crippen LogP contribution in [0.25, 0.3) is 21.8 Å². The molecule has 3 aromatic carbocycles. The second-order valence-electron chi connectivity index (χ2n) is 9.94. The maximum Gasteiger partial charge on any atom is 0.337 e.